The second-order valence-electron chi connectivity index (χ2n) is 8.45. The predicted octanol–water partition coefficient (Wildman–Crippen LogP) is 6.84. The molecular formula is C27H43N3O2. The van der Waals surface area contributed by atoms with Gasteiger partial charge in [-0.3, -0.25) is 19.4 Å². The van der Waals surface area contributed by atoms with Crippen molar-refractivity contribution in [3.8, 4) is 0 Å². The van der Waals surface area contributed by atoms with E-state index in [2.05, 4.69) is 18.1 Å². The first kappa shape index (κ1) is 27.6. The fourth-order valence-corrected chi connectivity index (χ4v) is 3.57. The zero-order chi connectivity index (χ0) is 23.6. The third-order valence-electron chi connectivity index (χ3n) is 5.75. The molecule has 2 amide bonds. The molecule has 0 saturated heterocycles. The van der Waals surface area contributed by atoms with Gasteiger partial charge in [0.1, 0.15) is 11.6 Å². The van der Waals surface area contributed by atoms with E-state index >= 15 is 0 Å². The molecule has 0 bridgehead atoms. The second kappa shape index (κ2) is 17.2. The van der Waals surface area contributed by atoms with Crippen molar-refractivity contribution in [1.29, 1.82) is 0 Å². The van der Waals surface area contributed by atoms with Gasteiger partial charge in [0, 0.05) is 26.9 Å². The lowest BCUT2D eigenvalue weighted by Gasteiger charge is -2.20. The molecule has 5 nitrogen and oxygen atoms in total. The molecule has 1 aromatic rings. The van der Waals surface area contributed by atoms with Gasteiger partial charge in [0.05, 0.1) is 0 Å². The SMILES string of the molecule is C=CCCCCCCCC(=O)N(C)c1cccc(N(C)C(=O)CCCCCCCC=C)n1. The average molecular weight is 442 g/mol. The van der Waals surface area contributed by atoms with Gasteiger partial charge in [-0.2, -0.15) is 0 Å². The van der Waals surface area contributed by atoms with Crippen LogP contribution in [0.25, 0.3) is 0 Å². The monoisotopic (exact) mass is 441 g/mol. The second-order valence-corrected chi connectivity index (χ2v) is 8.45. The Balaban J connectivity index is 2.42. The number of carbonyl (C=O) groups excluding carboxylic acids is 2. The van der Waals surface area contributed by atoms with E-state index in [0.717, 1.165) is 51.4 Å². The van der Waals surface area contributed by atoms with Crippen LogP contribution in [0.3, 0.4) is 0 Å². The molecule has 1 aromatic heterocycles. The minimum atomic E-state index is 0.0613. The minimum Gasteiger partial charge on any atom is -0.300 e. The molecule has 1 heterocycles. The maximum absolute atomic E-state index is 12.5. The first-order valence-electron chi connectivity index (χ1n) is 12.2. The molecule has 1 rings (SSSR count). The van der Waals surface area contributed by atoms with Crippen molar-refractivity contribution in [1.82, 2.24) is 4.98 Å². The molecule has 0 aliphatic rings. The van der Waals surface area contributed by atoms with Crippen molar-refractivity contribution < 1.29 is 9.59 Å². The highest BCUT2D eigenvalue weighted by Gasteiger charge is 2.16. The molecule has 5 heteroatoms. The summed E-state index contributed by atoms with van der Waals surface area (Å²) in [5.74, 6) is 1.29. The van der Waals surface area contributed by atoms with Crippen molar-refractivity contribution >= 4 is 23.5 Å². The van der Waals surface area contributed by atoms with Crippen LogP contribution in [-0.2, 0) is 9.59 Å². The third-order valence-corrected chi connectivity index (χ3v) is 5.75. The lowest BCUT2D eigenvalue weighted by atomic mass is 10.1. The Morgan fingerprint density at radius 1 is 0.719 bits per heavy atom. The van der Waals surface area contributed by atoms with Crippen LogP contribution < -0.4 is 9.80 Å². The van der Waals surface area contributed by atoms with Gasteiger partial charge < -0.3 is 0 Å². The lowest BCUT2D eigenvalue weighted by molar-refractivity contribution is -0.119. The quantitative estimate of drug-likeness (QED) is 0.185. The molecule has 0 N–H and O–H groups in total. The Morgan fingerprint density at radius 2 is 1.09 bits per heavy atom. The van der Waals surface area contributed by atoms with Gasteiger partial charge in [-0.05, 0) is 50.7 Å². The van der Waals surface area contributed by atoms with Crippen LogP contribution in [-0.4, -0.2) is 30.9 Å². The Labute approximate surface area is 195 Å². The van der Waals surface area contributed by atoms with E-state index in [1.54, 1.807) is 23.9 Å². The van der Waals surface area contributed by atoms with E-state index in [0.29, 0.717) is 24.5 Å². The summed E-state index contributed by atoms with van der Waals surface area (Å²) in [6.07, 6.45) is 18.0. The van der Waals surface area contributed by atoms with E-state index in [4.69, 9.17) is 0 Å². The van der Waals surface area contributed by atoms with E-state index in [9.17, 15) is 9.59 Å². The summed E-state index contributed by atoms with van der Waals surface area (Å²) in [5.41, 5.74) is 0. The van der Waals surface area contributed by atoms with E-state index < -0.39 is 0 Å². The van der Waals surface area contributed by atoms with Gasteiger partial charge in [0.15, 0.2) is 0 Å². The number of allylic oxidation sites excluding steroid dienone is 2. The normalized spacial score (nSPS) is 10.6. The number of pyridine rings is 1. The van der Waals surface area contributed by atoms with E-state index in [-0.39, 0.29) is 11.8 Å². The number of unbranched alkanes of at least 4 members (excludes halogenated alkanes) is 10. The number of rotatable bonds is 18. The number of hydrogen-bond acceptors (Lipinski definition) is 3. The summed E-state index contributed by atoms with van der Waals surface area (Å²) in [5, 5.41) is 0. The summed E-state index contributed by atoms with van der Waals surface area (Å²) in [6, 6.07) is 5.49. The van der Waals surface area contributed by atoms with Crippen molar-refractivity contribution in [3.63, 3.8) is 0 Å². The molecule has 32 heavy (non-hydrogen) atoms. The first-order chi connectivity index (χ1) is 15.5. The van der Waals surface area contributed by atoms with E-state index in [1.807, 2.05) is 30.4 Å². The van der Waals surface area contributed by atoms with Gasteiger partial charge in [-0.1, -0.05) is 56.7 Å². The van der Waals surface area contributed by atoms with Gasteiger partial charge in [0.25, 0.3) is 0 Å². The Kier molecular flexibility index (Phi) is 14.8. The average Bonchev–Trinajstić information content (AvgIpc) is 2.81. The number of aromatic nitrogens is 1. The fourth-order valence-electron chi connectivity index (χ4n) is 3.57. The molecule has 0 aliphatic heterocycles. The summed E-state index contributed by atoms with van der Waals surface area (Å²) in [7, 11) is 3.51. The van der Waals surface area contributed by atoms with Crippen LogP contribution in [0.4, 0.5) is 11.6 Å². The van der Waals surface area contributed by atoms with Crippen LogP contribution in [0.5, 0.6) is 0 Å². The largest absolute Gasteiger partial charge is 0.300 e. The molecule has 0 spiro atoms. The predicted molar refractivity (Wildman–Crippen MR) is 136 cm³/mol. The highest BCUT2D eigenvalue weighted by Crippen LogP contribution is 2.19. The van der Waals surface area contributed by atoms with Crippen molar-refractivity contribution in [2.75, 3.05) is 23.9 Å². The number of anilines is 2. The van der Waals surface area contributed by atoms with Crippen LogP contribution in [0.1, 0.15) is 89.9 Å². The summed E-state index contributed by atoms with van der Waals surface area (Å²) >= 11 is 0. The van der Waals surface area contributed by atoms with Crippen LogP contribution >= 0.6 is 0 Å². The standard InChI is InChI=1S/C27H43N3O2/c1-5-7-9-11-13-15-17-22-26(31)29(3)24-20-19-21-25(28-24)30(4)27(32)23-18-16-14-12-10-8-6-2/h5-6,19-21H,1-2,7-18,22-23H2,3-4H3. The van der Waals surface area contributed by atoms with Crippen molar-refractivity contribution in [3.05, 3.63) is 43.5 Å². The van der Waals surface area contributed by atoms with E-state index in [1.165, 1.54) is 25.7 Å². The minimum absolute atomic E-state index is 0.0613. The topological polar surface area (TPSA) is 53.5 Å². The van der Waals surface area contributed by atoms with Gasteiger partial charge in [-0.25, -0.2) is 4.98 Å². The van der Waals surface area contributed by atoms with Gasteiger partial charge in [-0.15, -0.1) is 13.2 Å². The van der Waals surface area contributed by atoms with Crippen molar-refractivity contribution in [2.45, 2.75) is 89.9 Å². The zero-order valence-corrected chi connectivity index (χ0v) is 20.4. The smallest absolute Gasteiger partial charge is 0.227 e. The molecule has 0 fully saturated rings. The Morgan fingerprint density at radius 3 is 1.50 bits per heavy atom. The molecule has 178 valence electrons. The van der Waals surface area contributed by atoms with Crippen LogP contribution in [0, 0.1) is 0 Å². The third kappa shape index (κ3) is 11.3. The summed E-state index contributed by atoms with van der Waals surface area (Å²) in [4.78, 5) is 32.9. The van der Waals surface area contributed by atoms with Crippen LogP contribution in [0.2, 0.25) is 0 Å². The number of carbonyl (C=O) groups is 2. The molecule has 0 unspecified atom stereocenters. The molecule has 0 radical (unpaired) electrons. The van der Waals surface area contributed by atoms with Crippen molar-refractivity contribution in [2.24, 2.45) is 0 Å². The number of amides is 2. The molecular weight excluding hydrogens is 398 g/mol. The number of hydrogen-bond donors (Lipinski definition) is 0. The Hall–Kier alpha value is -2.43. The molecule has 0 aromatic carbocycles. The fraction of sp³-hybridized carbons (Fsp3) is 0.593. The molecule has 0 saturated carbocycles. The van der Waals surface area contributed by atoms with Gasteiger partial charge in [0.2, 0.25) is 11.8 Å². The molecule has 0 atom stereocenters. The summed E-state index contributed by atoms with van der Waals surface area (Å²) in [6.45, 7) is 7.48. The van der Waals surface area contributed by atoms with Crippen LogP contribution in [0.15, 0.2) is 43.5 Å². The first-order valence-corrected chi connectivity index (χ1v) is 12.2. The maximum atomic E-state index is 12.5. The zero-order valence-electron chi connectivity index (χ0n) is 20.4. The van der Waals surface area contributed by atoms with Gasteiger partial charge >= 0.3 is 0 Å². The highest BCUT2D eigenvalue weighted by molar-refractivity contribution is 5.94. The number of nitrogens with zero attached hydrogens (tertiary/aromatic N) is 3. The Bertz CT molecular complexity index is 647. The highest BCUT2D eigenvalue weighted by atomic mass is 16.2. The summed E-state index contributed by atoms with van der Waals surface area (Å²) < 4.78 is 0. The molecule has 0 aliphatic carbocycles. The lowest BCUT2D eigenvalue weighted by Crippen LogP contribution is -2.29. The maximum Gasteiger partial charge on any atom is 0.227 e.